The van der Waals surface area contributed by atoms with Gasteiger partial charge in [-0.25, -0.2) is 4.99 Å². The number of benzene rings is 2. The number of ether oxygens (including phenoxy) is 1. The van der Waals surface area contributed by atoms with Gasteiger partial charge in [-0.15, -0.1) is 0 Å². The van der Waals surface area contributed by atoms with Crippen molar-refractivity contribution in [2.45, 2.75) is 38.6 Å². The van der Waals surface area contributed by atoms with Crippen molar-refractivity contribution in [3.05, 3.63) is 58.5 Å². The van der Waals surface area contributed by atoms with Gasteiger partial charge in [-0.3, -0.25) is 4.79 Å². The van der Waals surface area contributed by atoms with Crippen molar-refractivity contribution in [2.75, 3.05) is 19.1 Å². The highest BCUT2D eigenvalue weighted by Gasteiger charge is 2.34. The molecule has 4 rings (SSSR count). The summed E-state index contributed by atoms with van der Waals surface area (Å²) in [5, 5.41) is 3.44. The molecule has 1 atom stereocenters. The van der Waals surface area contributed by atoms with Crippen LogP contribution in [0.25, 0.3) is 6.08 Å². The number of nitrogens with zero attached hydrogens (tertiary/aromatic N) is 2. The number of aliphatic imine (C=N–C) groups is 1. The molecule has 5 nitrogen and oxygen atoms in total. The molecule has 0 bridgehead atoms. The molecular weight excluding hydrogens is 394 g/mol. The van der Waals surface area contributed by atoms with E-state index < -0.39 is 0 Å². The summed E-state index contributed by atoms with van der Waals surface area (Å²) >= 11 is 1.37. The highest BCUT2D eigenvalue weighted by Crippen LogP contribution is 2.43. The highest BCUT2D eigenvalue weighted by molar-refractivity contribution is 8.18. The van der Waals surface area contributed by atoms with Gasteiger partial charge in [0.2, 0.25) is 0 Å². The summed E-state index contributed by atoms with van der Waals surface area (Å²) in [6, 6.07) is 13.9. The molecule has 1 fully saturated rings. The number of carbonyl (C=O) groups is 1. The highest BCUT2D eigenvalue weighted by atomic mass is 32.2. The second kappa shape index (κ2) is 7.84. The van der Waals surface area contributed by atoms with Gasteiger partial charge in [0, 0.05) is 18.3 Å². The van der Waals surface area contributed by atoms with Gasteiger partial charge in [0.05, 0.1) is 17.7 Å². The molecule has 6 heteroatoms. The Labute approximate surface area is 182 Å². The van der Waals surface area contributed by atoms with Gasteiger partial charge in [0.25, 0.3) is 5.91 Å². The van der Waals surface area contributed by atoms with Crippen molar-refractivity contribution in [1.29, 1.82) is 0 Å². The van der Waals surface area contributed by atoms with Crippen LogP contribution in [-0.4, -0.2) is 30.8 Å². The molecule has 2 aromatic rings. The molecule has 1 amide bonds. The summed E-state index contributed by atoms with van der Waals surface area (Å²) in [7, 11) is 3.79. The van der Waals surface area contributed by atoms with E-state index in [0.29, 0.717) is 16.0 Å². The largest absolute Gasteiger partial charge is 0.497 e. The van der Waals surface area contributed by atoms with Crippen LogP contribution in [-0.2, 0) is 4.79 Å². The van der Waals surface area contributed by atoms with Crippen molar-refractivity contribution in [3.8, 4) is 5.75 Å². The van der Waals surface area contributed by atoms with Crippen LogP contribution in [0.2, 0.25) is 0 Å². The van der Waals surface area contributed by atoms with Crippen molar-refractivity contribution in [1.82, 2.24) is 5.32 Å². The zero-order valence-corrected chi connectivity index (χ0v) is 18.8. The van der Waals surface area contributed by atoms with Crippen LogP contribution >= 0.6 is 11.8 Å². The average Bonchev–Trinajstić information content (AvgIpc) is 3.05. The molecule has 2 aliphatic rings. The number of amidine groups is 1. The fourth-order valence-electron chi connectivity index (χ4n) is 4.09. The Morgan fingerprint density at radius 3 is 2.67 bits per heavy atom. The molecule has 30 heavy (non-hydrogen) atoms. The standard InChI is InChI=1S/C24H27N3O2S/c1-15-14-24(2,3)27(4)20-11-6-16(12-19(15)20)13-21-22(28)26-23(30-21)25-17-7-9-18(29-5)10-8-17/h6-13,15H,14H2,1-5H3,(H,25,26,28)/b21-13+. The molecule has 0 saturated carbocycles. The van der Waals surface area contributed by atoms with Crippen molar-refractivity contribution >= 4 is 40.3 Å². The number of methoxy groups -OCH3 is 1. The molecule has 0 aliphatic carbocycles. The normalized spacial score (nSPS) is 22.9. The number of anilines is 1. The smallest absolute Gasteiger partial charge is 0.264 e. The van der Waals surface area contributed by atoms with E-state index in [-0.39, 0.29) is 11.4 Å². The lowest BCUT2D eigenvalue weighted by Crippen LogP contribution is -2.45. The summed E-state index contributed by atoms with van der Waals surface area (Å²) in [5.41, 5.74) is 4.55. The number of thioether (sulfide) groups is 1. The lowest BCUT2D eigenvalue weighted by molar-refractivity contribution is -0.115. The zero-order valence-electron chi connectivity index (χ0n) is 18.0. The minimum absolute atomic E-state index is 0.115. The van der Waals surface area contributed by atoms with E-state index in [1.54, 1.807) is 7.11 Å². The minimum Gasteiger partial charge on any atom is -0.497 e. The molecule has 2 heterocycles. The minimum atomic E-state index is -0.115. The first-order valence-electron chi connectivity index (χ1n) is 10.1. The lowest BCUT2D eigenvalue weighted by atomic mass is 9.80. The van der Waals surface area contributed by atoms with E-state index >= 15 is 0 Å². The van der Waals surface area contributed by atoms with Crippen LogP contribution in [0.15, 0.2) is 52.4 Å². The van der Waals surface area contributed by atoms with Gasteiger partial charge in [-0.1, -0.05) is 13.0 Å². The van der Waals surface area contributed by atoms with E-state index in [1.807, 2.05) is 30.3 Å². The Bertz CT molecular complexity index is 1040. The Kier molecular flexibility index (Phi) is 5.36. The third kappa shape index (κ3) is 3.97. The second-order valence-electron chi connectivity index (χ2n) is 8.47. The van der Waals surface area contributed by atoms with Crippen LogP contribution in [0, 0.1) is 0 Å². The zero-order chi connectivity index (χ0) is 21.5. The SMILES string of the molecule is COc1ccc(N=C2NC(=O)/C(=C\c3ccc4c(c3)C(C)CC(C)(C)N4C)S2)cc1. The molecule has 1 N–H and O–H groups in total. The Hall–Kier alpha value is -2.73. The van der Waals surface area contributed by atoms with Gasteiger partial charge in [-0.2, -0.15) is 0 Å². The van der Waals surface area contributed by atoms with E-state index in [4.69, 9.17) is 4.74 Å². The predicted octanol–water partition coefficient (Wildman–Crippen LogP) is 5.31. The number of amides is 1. The molecule has 1 unspecified atom stereocenters. The fourth-order valence-corrected chi connectivity index (χ4v) is 4.93. The number of fused-ring (bicyclic) bond motifs is 1. The van der Waals surface area contributed by atoms with Crippen molar-refractivity contribution in [2.24, 2.45) is 4.99 Å². The van der Waals surface area contributed by atoms with E-state index in [2.05, 4.69) is 61.2 Å². The van der Waals surface area contributed by atoms with Crippen molar-refractivity contribution in [3.63, 3.8) is 0 Å². The van der Waals surface area contributed by atoms with Crippen LogP contribution < -0.4 is 15.0 Å². The van der Waals surface area contributed by atoms with Gasteiger partial charge in [0.15, 0.2) is 5.17 Å². The van der Waals surface area contributed by atoms with Gasteiger partial charge in [-0.05, 0) is 91.5 Å². The maximum atomic E-state index is 12.5. The van der Waals surface area contributed by atoms with Crippen molar-refractivity contribution < 1.29 is 9.53 Å². The monoisotopic (exact) mass is 421 g/mol. The van der Waals surface area contributed by atoms with Gasteiger partial charge in [0.1, 0.15) is 5.75 Å². The second-order valence-corrected chi connectivity index (χ2v) is 9.51. The lowest BCUT2D eigenvalue weighted by Gasteiger charge is -2.45. The molecule has 1 saturated heterocycles. The molecule has 2 aliphatic heterocycles. The predicted molar refractivity (Wildman–Crippen MR) is 126 cm³/mol. The maximum absolute atomic E-state index is 12.5. The van der Waals surface area contributed by atoms with Crippen LogP contribution in [0.5, 0.6) is 5.75 Å². The summed E-state index contributed by atoms with van der Waals surface area (Å²) in [6.45, 7) is 6.85. The molecule has 2 aromatic carbocycles. The van der Waals surface area contributed by atoms with Gasteiger partial charge >= 0.3 is 0 Å². The number of hydrogen-bond donors (Lipinski definition) is 1. The quantitative estimate of drug-likeness (QED) is 0.683. The van der Waals surface area contributed by atoms with Crippen LogP contribution in [0.4, 0.5) is 11.4 Å². The first-order chi connectivity index (χ1) is 14.3. The maximum Gasteiger partial charge on any atom is 0.264 e. The number of carbonyl (C=O) groups excluding carboxylic acids is 1. The third-order valence-corrected chi connectivity index (χ3v) is 6.82. The van der Waals surface area contributed by atoms with Gasteiger partial charge < -0.3 is 15.0 Å². The summed E-state index contributed by atoms with van der Waals surface area (Å²) in [4.78, 5) is 20.0. The first kappa shape index (κ1) is 20.5. The fraction of sp³-hybridized carbons (Fsp3) is 0.333. The summed E-state index contributed by atoms with van der Waals surface area (Å²) in [5.74, 6) is 1.14. The molecule has 0 radical (unpaired) electrons. The average molecular weight is 422 g/mol. The molecule has 156 valence electrons. The summed E-state index contributed by atoms with van der Waals surface area (Å²) < 4.78 is 5.17. The topological polar surface area (TPSA) is 53.9 Å². The molecule has 0 spiro atoms. The van der Waals surface area contributed by atoms with E-state index in [1.165, 1.54) is 23.0 Å². The Balaban J connectivity index is 1.57. The Morgan fingerprint density at radius 1 is 1.23 bits per heavy atom. The first-order valence-corrected chi connectivity index (χ1v) is 10.9. The van der Waals surface area contributed by atoms with Crippen LogP contribution in [0.3, 0.4) is 0 Å². The van der Waals surface area contributed by atoms with Crippen LogP contribution in [0.1, 0.15) is 44.2 Å². The molecule has 0 aromatic heterocycles. The summed E-state index contributed by atoms with van der Waals surface area (Å²) in [6.07, 6.45) is 3.05. The number of hydrogen-bond acceptors (Lipinski definition) is 5. The number of rotatable bonds is 3. The number of nitrogens with one attached hydrogen (secondary N) is 1. The third-order valence-electron chi connectivity index (χ3n) is 5.91. The molecular formula is C24H27N3O2S. The van der Waals surface area contributed by atoms with E-state index in [0.717, 1.165) is 23.4 Å². The Morgan fingerprint density at radius 2 is 1.97 bits per heavy atom. The van der Waals surface area contributed by atoms with E-state index in [9.17, 15) is 4.79 Å².